The molecule has 0 atom stereocenters. The van der Waals surface area contributed by atoms with Gasteiger partial charge in [0.05, 0.1) is 10.6 Å². The maximum Gasteiger partial charge on any atom is 0.264 e. The lowest BCUT2D eigenvalue weighted by molar-refractivity contribution is -0.115. The van der Waals surface area contributed by atoms with E-state index < -0.39 is 0 Å². The number of nitrogens with zero attached hydrogens (tertiary/aromatic N) is 1. The average Bonchev–Trinajstić information content (AvgIpc) is 2.91. The van der Waals surface area contributed by atoms with Crippen molar-refractivity contribution in [1.82, 2.24) is 5.32 Å². The molecule has 0 unspecified atom stereocenters. The van der Waals surface area contributed by atoms with Crippen molar-refractivity contribution in [2.45, 2.75) is 13.3 Å². The van der Waals surface area contributed by atoms with Crippen LogP contribution in [0.4, 0.5) is 5.69 Å². The quantitative estimate of drug-likeness (QED) is 0.589. The fraction of sp³-hybridized carbons (Fsp3) is 0.111. The smallest absolute Gasteiger partial charge is 0.264 e. The Hall–Kier alpha value is -2.73. The third-order valence-corrected chi connectivity index (χ3v) is 4.45. The fourth-order valence-electron chi connectivity index (χ4n) is 2.29. The topological polar surface area (TPSA) is 81.9 Å². The van der Waals surface area contributed by atoms with Crippen molar-refractivity contribution in [1.29, 1.82) is 0 Å². The third kappa shape index (κ3) is 3.44. The molecule has 1 amide bonds. The second kappa shape index (κ2) is 6.80. The van der Waals surface area contributed by atoms with Gasteiger partial charge in [-0.05, 0) is 53.6 Å². The number of para-hydroxylation sites is 1. The number of aromatic hydroxyl groups is 2. The summed E-state index contributed by atoms with van der Waals surface area (Å²) in [7, 11) is 0. The summed E-state index contributed by atoms with van der Waals surface area (Å²) in [5.74, 6) is -0.655. The summed E-state index contributed by atoms with van der Waals surface area (Å²) in [6.07, 6.45) is 2.51. The number of rotatable bonds is 3. The molecule has 6 heteroatoms. The van der Waals surface area contributed by atoms with Gasteiger partial charge in [0.25, 0.3) is 5.91 Å². The van der Waals surface area contributed by atoms with Crippen LogP contribution in [-0.2, 0) is 11.2 Å². The Balaban J connectivity index is 1.86. The Morgan fingerprint density at radius 1 is 1.17 bits per heavy atom. The monoisotopic (exact) mass is 340 g/mol. The van der Waals surface area contributed by atoms with Crippen LogP contribution in [0.2, 0.25) is 0 Å². The number of phenolic OH excluding ortho intramolecular Hbond substituents is 2. The SMILES string of the molecule is CCc1ccccc1N=C1NC(=O)C(=Cc2ccc(O)c(O)c2)S1. The van der Waals surface area contributed by atoms with E-state index in [0.717, 1.165) is 17.7 Å². The molecule has 3 rings (SSSR count). The first-order valence-corrected chi connectivity index (χ1v) is 8.28. The van der Waals surface area contributed by atoms with Crippen LogP contribution in [0, 0.1) is 0 Å². The number of carbonyl (C=O) groups is 1. The molecule has 0 aliphatic carbocycles. The van der Waals surface area contributed by atoms with Gasteiger partial charge in [-0.3, -0.25) is 4.79 Å². The van der Waals surface area contributed by atoms with E-state index in [9.17, 15) is 15.0 Å². The molecule has 0 spiro atoms. The van der Waals surface area contributed by atoms with Crippen LogP contribution >= 0.6 is 11.8 Å². The highest BCUT2D eigenvalue weighted by Crippen LogP contribution is 2.31. The van der Waals surface area contributed by atoms with E-state index in [0.29, 0.717) is 15.6 Å². The minimum Gasteiger partial charge on any atom is -0.504 e. The molecule has 0 bridgehead atoms. The van der Waals surface area contributed by atoms with E-state index in [-0.39, 0.29) is 17.4 Å². The van der Waals surface area contributed by atoms with Gasteiger partial charge in [0.1, 0.15) is 0 Å². The first-order valence-electron chi connectivity index (χ1n) is 7.46. The number of hydrogen-bond acceptors (Lipinski definition) is 5. The zero-order valence-corrected chi connectivity index (χ0v) is 13.8. The third-order valence-electron chi connectivity index (χ3n) is 3.54. The minimum atomic E-state index is -0.236. The van der Waals surface area contributed by atoms with Crippen molar-refractivity contribution in [2.75, 3.05) is 0 Å². The van der Waals surface area contributed by atoms with Gasteiger partial charge in [-0.15, -0.1) is 0 Å². The second-order valence-electron chi connectivity index (χ2n) is 5.21. The number of carbonyl (C=O) groups excluding carboxylic acids is 1. The van der Waals surface area contributed by atoms with Crippen LogP contribution in [0.5, 0.6) is 11.5 Å². The highest BCUT2D eigenvalue weighted by atomic mass is 32.2. The van der Waals surface area contributed by atoms with Crippen molar-refractivity contribution in [3.05, 3.63) is 58.5 Å². The molecule has 2 aromatic carbocycles. The summed E-state index contributed by atoms with van der Waals surface area (Å²) in [5, 5.41) is 22.1. The number of aliphatic imine (C=N–C) groups is 1. The molecule has 24 heavy (non-hydrogen) atoms. The summed E-state index contributed by atoms with van der Waals surface area (Å²) in [4.78, 5) is 17.1. The number of hydrogen-bond donors (Lipinski definition) is 3. The Morgan fingerprint density at radius 3 is 2.71 bits per heavy atom. The van der Waals surface area contributed by atoms with E-state index in [1.165, 1.54) is 23.9 Å². The predicted molar refractivity (Wildman–Crippen MR) is 96.4 cm³/mol. The molecule has 1 aliphatic rings. The number of benzene rings is 2. The summed E-state index contributed by atoms with van der Waals surface area (Å²) < 4.78 is 0. The number of amides is 1. The molecular weight excluding hydrogens is 324 g/mol. The van der Waals surface area contributed by atoms with Gasteiger partial charge >= 0.3 is 0 Å². The van der Waals surface area contributed by atoms with E-state index in [1.54, 1.807) is 12.1 Å². The van der Waals surface area contributed by atoms with Gasteiger partial charge in [-0.2, -0.15) is 0 Å². The Bertz CT molecular complexity index is 859. The van der Waals surface area contributed by atoms with E-state index in [4.69, 9.17) is 0 Å². The summed E-state index contributed by atoms with van der Waals surface area (Å²) in [6, 6.07) is 12.2. The van der Waals surface area contributed by atoms with Crippen molar-refractivity contribution < 1.29 is 15.0 Å². The summed E-state index contributed by atoms with van der Waals surface area (Å²) in [5.41, 5.74) is 2.57. The standard InChI is InChI=1S/C18H16N2O3S/c1-2-12-5-3-4-6-13(12)19-18-20-17(23)16(24-18)10-11-7-8-14(21)15(22)9-11/h3-10,21-22H,2H2,1H3,(H,19,20,23). The lowest BCUT2D eigenvalue weighted by Crippen LogP contribution is -2.19. The predicted octanol–water partition coefficient (Wildman–Crippen LogP) is 3.55. The summed E-state index contributed by atoms with van der Waals surface area (Å²) >= 11 is 1.24. The van der Waals surface area contributed by atoms with Gasteiger partial charge in [0, 0.05) is 0 Å². The Labute approximate surface area is 143 Å². The van der Waals surface area contributed by atoms with Gasteiger partial charge in [-0.25, -0.2) is 4.99 Å². The molecule has 1 aliphatic heterocycles. The molecule has 0 radical (unpaired) electrons. The van der Waals surface area contributed by atoms with Crippen molar-refractivity contribution in [2.24, 2.45) is 4.99 Å². The zero-order chi connectivity index (χ0) is 17.1. The highest BCUT2D eigenvalue weighted by molar-refractivity contribution is 8.18. The maximum absolute atomic E-state index is 12.1. The largest absolute Gasteiger partial charge is 0.504 e. The van der Waals surface area contributed by atoms with Crippen molar-refractivity contribution >= 4 is 34.6 Å². The number of amidine groups is 1. The number of phenols is 2. The molecule has 2 aromatic rings. The number of aryl methyl sites for hydroxylation is 1. The van der Waals surface area contributed by atoms with Crippen LogP contribution < -0.4 is 5.32 Å². The Morgan fingerprint density at radius 2 is 1.96 bits per heavy atom. The zero-order valence-electron chi connectivity index (χ0n) is 13.0. The minimum absolute atomic E-state index is 0.195. The van der Waals surface area contributed by atoms with E-state index >= 15 is 0 Å². The van der Waals surface area contributed by atoms with Gasteiger partial charge in [0.15, 0.2) is 16.7 Å². The molecule has 5 nitrogen and oxygen atoms in total. The fourth-order valence-corrected chi connectivity index (χ4v) is 3.13. The van der Waals surface area contributed by atoms with E-state index in [2.05, 4.69) is 17.2 Å². The van der Waals surface area contributed by atoms with Crippen LogP contribution in [-0.4, -0.2) is 21.3 Å². The van der Waals surface area contributed by atoms with E-state index in [1.807, 2.05) is 24.3 Å². The van der Waals surface area contributed by atoms with Crippen LogP contribution in [0.15, 0.2) is 52.4 Å². The molecule has 0 aromatic heterocycles. The molecule has 122 valence electrons. The second-order valence-corrected chi connectivity index (χ2v) is 6.24. The van der Waals surface area contributed by atoms with Gasteiger partial charge in [0.2, 0.25) is 0 Å². The lowest BCUT2D eigenvalue weighted by Gasteiger charge is -2.02. The van der Waals surface area contributed by atoms with Crippen LogP contribution in [0.1, 0.15) is 18.1 Å². The number of thioether (sulfide) groups is 1. The highest BCUT2D eigenvalue weighted by Gasteiger charge is 2.24. The van der Waals surface area contributed by atoms with Gasteiger partial charge in [-0.1, -0.05) is 31.2 Å². The lowest BCUT2D eigenvalue weighted by atomic mass is 10.1. The van der Waals surface area contributed by atoms with Crippen LogP contribution in [0.25, 0.3) is 6.08 Å². The molecule has 3 N–H and O–H groups in total. The molecule has 0 saturated carbocycles. The van der Waals surface area contributed by atoms with Gasteiger partial charge < -0.3 is 15.5 Å². The Kier molecular flexibility index (Phi) is 4.57. The normalized spacial score (nSPS) is 17.5. The van der Waals surface area contributed by atoms with Crippen molar-refractivity contribution in [3.8, 4) is 11.5 Å². The molecule has 1 fully saturated rings. The first-order chi connectivity index (χ1) is 11.6. The molecular formula is C18H16N2O3S. The van der Waals surface area contributed by atoms with Crippen molar-refractivity contribution in [3.63, 3.8) is 0 Å². The summed E-state index contributed by atoms with van der Waals surface area (Å²) in [6.45, 7) is 2.06. The maximum atomic E-state index is 12.1. The first kappa shape index (κ1) is 16.1. The van der Waals surface area contributed by atoms with Crippen LogP contribution in [0.3, 0.4) is 0 Å². The molecule has 1 heterocycles. The molecule has 1 saturated heterocycles. The number of nitrogens with one attached hydrogen (secondary N) is 1. The average molecular weight is 340 g/mol.